The van der Waals surface area contributed by atoms with Crippen LogP contribution in [0.4, 0.5) is 11.4 Å². The fourth-order valence-electron chi connectivity index (χ4n) is 3.46. The Bertz CT molecular complexity index is 1260. The Balaban J connectivity index is 1.55. The third kappa shape index (κ3) is 4.18. The van der Waals surface area contributed by atoms with Crippen LogP contribution >= 0.6 is 0 Å². The number of anilines is 2. The molecule has 4 rings (SSSR count). The summed E-state index contributed by atoms with van der Waals surface area (Å²) in [6, 6.07) is 14.8. The molecule has 0 saturated carbocycles. The van der Waals surface area contributed by atoms with Gasteiger partial charge in [-0.1, -0.05) is 6.07 Å². The molecule has 0 unspecified atom stereocenters. The van der Waals surface area contributed by atoms with E-state index in [1.807, 2.05) is 0 Å². The lowest BCUT2D eigenvalue weighted by Crippen LogP contribution is -2.29. The Kier molecular flexibility index (Phi) is 5.53. The van der Waals surface area contributed by atoms with Gasteiger partial charge in [0.15, 0.2) is 0 Å². The highest BCUT2D eigenvalue weighted by atomic mass is 32.2. The summed E-state index contributed by atoms with van der Waals surface area (Å²) in [6.07, 6.45) is 3.61. The van der Waals surface area contributed by atoms with Crippen LogP contribution in [0.3, 0.4) is 0 Å². The van der Waals surface area contributed by atoms with Crippen molar-refractivity contribution in [2.75, 3.05) is 23.8 Å². The number of hydrogen-bond donors (Lipinski definition) is 2. The van der Waals surface area contributed by atoms with Crippen molar-refractivity contribution in [1.29, 1.82) is 0 Å². The summed E-state index contributed by atoms with van der Waals surface area (Å²) in [7, 11) is -2.19. The molecule has 0 bridgehead atoms. The van der Waals surface area contributed by atoms with Crippen LogP contribution in [0.1, 0.15) is 26.3 Å². The molecule has 0 atom stereocenters. The summed E-state index contributed by atoms with van der Waals surface area (Å²) in [5, 5.41) is 2.77. The fraction of sp³-hybridized carbons (Fsp3) is 0.136. The number of pyridine rings is 1. The number of carbonyl (C=O) groups excluding carboxylic acids is 2. The molecule has 158 valence electrons. The van der Waals surface area contributed by atoms with Gasteiger partial charge in [-0.2, -0.15) is 0 Å². The van der Waals surface area contributed by atoms with E-state index in [2.05, 4.69) is 15.0 Å². The third-order valence-corrected chi connectivity index (χ3v) is 6.47. The molecule has 1 aliphatic rings. The number of nitrogens with zero attached hydrogens (tertiary/aromatic N) is 2. The molecule has 1 aromatic heterocycles. The number of amides is 2. The van der Waals surface area contributed by atoms with E-state index in [0.717, 1.165) is 5.56 Å². The van der Waals surface area contributed by atoms with E-state index in [0.29, 0.717) is 35.5 Å². The maximum atomic E-state index is 13.1. The van der Waals surface area contributed by atoms with Gasteiger partial charge in [-0.25, -0.2) is 13.1 Å². The smallest absolute Gasteiger partial charge is 0.258 e. The molecule has 2 heterocycles. The first kappa shape index (κ1) is 20.7. The first-order chi connectivity index (χ1) is 14.9. The molecular formula is C22H20N4O4S. The average molecular weight is 436 g/mol. The molecule has 31 heavy (non-hydrogen) atoms. The second-order valence-electron chi connectivity index (χ2n) is 6.98. The number of benzene rings is 2. The third-order valence-electron chi connectivity index (χ3n) is 5.06. The Labute approximate surface area is 180 Å². The predicted molar refractivity (Wildman–Crippen MR) is 117 cm³/mol. The van der Waals surface area contributed by atoms with Crippen LogP contribution in [-0.4, -0.2) is 38.8 Å². The van der Waals surface area contributed by atoms with Crippen molar-refractivity contribution >= 4 is 33.2 Å². The second kappa shape index (κ2) is 8.29. The normalized spacial score (nSPS) is 13.0. The van der Waals surface area contributed by atoms with Gasteiger partial charge < -0.3 is 10.2 Å². The largest absolute Gasteiger partial charge is 0.322 e. The number of hydrogen-bond acceptors (Lipinski definition) is 5. The van der Waals surface area contributed by atoms with Gasteiger partial charge in [0.1, 0.15) is 0 Å². The monoisotopic (exact) mass is 436 g/mol. The minimum atomic E-state index is -3.55. The second-order valence-corrected chi connectivity index (χ2v) is 8.87. The molecule has 9 heteroatoms. The molecule has 8 nitrogen and oxygen atoms in total. The van der Waals surface area contributed by atoms with Crippen LogP contribution < -0.4 is 14.9 Å². The topological polar surface area (TPSA) is 108 Å². The molecule has 0 spiro atoms. The fourth-order valence-corrected chi connectivity index (χ4v) is 4.24. The highest BCUT2D eigenvalue weighted by molar-refractivity contribution is 7.89. The highest BCUT2D eigenvalue weighted by Crippen LogP contribution is 2.31. The van der Waals surface area contributed by atoms with Crippen molar-refractivity contribution < 1.29 is 18.0 Å². The molecule has 0 saturated heterocycles. The van der Waals surface area contributed by atoms with Crippen LogP contribution in [0.15, 0.2) is 71.9 Å². The lowest BCUT2D eigenvalue weighted by molar-refractivity contribution is 0.0986. The van der Waals surface area contributed by atoms with Gasteiger partial charge >= 0.3 is 0 Å². The molecule has 0 aliphatic carbocycles. The van der Waals surface area contributed by atoms with Gasteiger partial charge in [0.2, 0.25) is 10.0 Å². The van der Waals surface area contributed by atoms with E-state index < -0.39 is 10.0 Å². The van der Waals surface area contributed by atoms with E-state index >= 15 is 0 Å². The number of sulfonamides is 1. The number of rotatable bonds is 5. The van der Waals surface area contributed by atoms with E-state index in [-0.39, 0.29) is 16.7 Å². The Morgan fingerprint density at radius 2 is 1.84 bits per heavy atom. The van der Waals surface area contributed by atoms with Gasteiger partial charge in [0.05, 0.1) is 10.5 Å². The maximum Gasteiger partial charge on any atom is 0.258 e. The summed E-state index contributed by atoms with van der Waals surface area (Å²) in [6.45, 7) is 0.448. The molecule has 2 aromatic carbocycles. The minimum absolute atomic E-state index is 0.170. The molecule has 0 radical (unpaired) electrons. The number of aromatic nitrogens is 1. The first-order valence-corrected chi connectivity index (χ1v) is 11.1. The summed E-state index contributed by atoms with van der Waals surface area (Å²) in [5.41, 5.74) is 2.81. The number of carbonyl (C=O) groups is 2. The van der Waals surface area contributed by atoms with Crippen molar-refractivity contribution in [3.63, 3.8) is 0 Å². The zero-order chi connectivity index (χ0) is 22.0. The van der Waals surface area contributed by atoms with Crippen LogP contribution in [-0.2, 0) is 16.4 Å². The first-order valence-electron chi connectivity index (χ1n) is 9.59. The van der Waals surface area contributed by atoms with Crippen molar-refractivity contribution in [3.05, 3.63) is 83.7 Å². The van der Waals surface area contributed by atoms with Gasteiger partial charge in [-0.15, -0.1) is 0 Å². The lowest BCUT2D eigenvalue weighted by Gasteiger charge is -2.18. The Hall–Kier alpha value is -3.56. The molecular weight excluding hydrogens is 416 g/mol. The minimum Gasteiger partial charge on any atom is -0.322 e. The van der Waals surface area contributed by atoms with Gasteiger partial charge in [0.25, 0.3) is 11.8 Å². The van der Waals surface area contributed by atoms with Gasteiger partial charge in [0, 0.05) is 35.9 Å². The summed E-state index contributed by atoms with van der Waals surface area (Å²) in [5.74, 6) is -0.539. The molecule has 3 aromatic rings. The molecule has 1 aliphatic heterocycles. The van der Waals surface area contributed by atoms with Crippen molar-refractivity contribution in [3.8, 4) is 0 Å². The average Bonchev–Trinajstić information content (AvgIpc) is 3.22. The van der Waals surface area contributed by atoms with Crippen LogP contribution in [0, 0.1) is 0 Å². The molecule has 2 N–H and O–H groups in total. The van der Waals surface area contributed by atoms with Crippen LogP contribution in [0.5, 0.6) is 0 Å². The number of fused-ring (bicyclic) bond motifs is 1. The lowest BCUT2D eigenvalue weighted by atomic mass is 10.1. The van der Waals surface area contributed by atoms with E-state index in [9.17, 15) is 18.0 Å². The summed E-state index contributed by atoms with van der Waals surface area (Å²) >= 11 is 0. The van der Waals surface area contributed by atoms with E-state index in [4.69, 9.17) is 0 Å². The SMILES string of the molecule is CNS(=O)(=O)c1ccc2c(c1)CCN2C(=O)c1cccc(NC(=O)c2cccnc2)c1. The zero-order valence-electron chi connectivity index (χ0n) is 16.7. The Morgan fingerprint density at radius 3 is 2.58 bits per heavy atom. The van der Waals surface area contributed by atoms with Gasteiger partial charge in [-0.3, -0.25) is 14.6 Å². The van der Waals surface area contributed by atoms with Crippen molar-refractivity contribution in [2.45, 2.75) is 11.3 Å². The predicted octanol–water partition coefficient (Wildman–Crippen LogP) is 2.44. The van der Waals surface area contributed by atoms with Crippen LogP contribution in [0.2, 0.25) is 0 Å². The number of nitrogens with one attached hydrogen (secondary N) is 2. The van der Waals surface area contributed by atoms with Gasteiger partial charge in [-0.05, 0) is 67.6 Å². The summed E-state index contributed by atoms with van der Waals surface area (Å²) in [4.78, 5) is 31.2. The van der Waals surface area contributed by atoms with Crippen LogP contribution in [0.25, 0.3) is 0 Å². The van der Waals surface area contributed by atoms with E-state index in [1.54, 1.807) is 59.6 Å². The highest BCUT2D eigenvalue weighted by Gasteiger charge is 2.27. The standard InChI is InChI=1S/C22H20N4O4S/c1-23-31(29,30)19-7-8-20-15(13-19)9-11-26(20)22(28)16-4-2-6-18(12-16)25-21(27)17-5-3-10-24-14-17/h2-8,10,12-14,23H,9,11H2,1H3,(H,25,27). The zero-order valence-corrected chi connectivity index (χ0v) is 17.5. The van der Waals surface area contributed by atoms with E-state index in [1.165, 1.54) is 19.3 Å². The molecule has 0 fully saturated rings. The quantitative estimate of drug-likeness (QED) is 0.639. The summed E-state index contributed by atoms with van der Waals surface area (Å²) < 4.78 is 26.4. The van der Waals surface area contributed by atoms with Crippen molar-refractivity contribution in [1.82, 2.24) is 9.71 Å². The van der Waals surface area contributed by atoms with Crippen molar-refractivity contribution in [2.24, 2.45) is 0 Å². The maximum absolute atomic E-state index is 13.1. The Morgan fingerprint density at radius 1 is 1.03 bits per heavy atom. The molecule has 2 amide bonds.